The van der Waals surface area contributed by atoms with E-state index in [0.29, 0.717) is 38.0 Å². The van der Waals surface area contributed by atoms with E-state index in [9.17, 15) is 0 Å². The van der Waals surface area contributed by atoms with Gasteiger partial charge in [-0.25, -0.2) is 0 Å². The Labute approximate surface area is 201 Å². The molecule has 2 N–H and O–H groups in total. The molecule has 31 heavy (non-hydrogen) atoms. The van der Waals surface area contributed by atoms with Crippen molar-refractivity contribution >= 4 is 29.9 Å². The Hall–Kier alpha value is -1.88. The van der Waals surface area contributed by atoms with Crippen molar-refractivity contribution in [3.05, 3.63) is 41.0 Å². The monoisotopic (exact) mass is 543 g/mol. The highest BCUT2D eigenvalue weighted by molar-refractivity contribution is 14.0. The predicted octanol–water partition coefficient (Wildman–Crippen LogP) is 3.58. The van der Waals surface area contributed by atoms with Gasteiger partial charge in [-0.2, -0.15) is 4.98 Å². The summed E-state index contributed by atoms with van der Waals surface area (Å²) < 4.78 is 17.0. The van der Waals surface area contributed by atoms with Gasteiger partial charge in [-0.05, 0) is 31.4 Å². The van der Waals surface area contributed by atoms with Gasteiger partial charge >= 0.3 is 0 Å². The van der Waals surface area contributed by atoms with Crippen LogP contribution in [0.3, 0.4) is 0 Å². The minimum atomic E-state index is 0. The number of aromatic nitrogens is 2. The van der Waals surface area contributed by atoms with Crippen LogP contribution in [0, 0.1) is 6.92 Å². The van der Waals surface area contributed by atoms with Crippen molar-refractivity contribution in [3.8, 4) is 5.75 Å². The molecule has 1 aromatic heterocycles. The zero-order valence-corrected chi connectivity index (χ0v) is 21.1. The van der Waals surface area contributed by atoms with Crippen molar-refractivity contribution in [2.45, 2.75) is 58.6 Å². The van der Waals surface area contributed by atoms with Crippen LogP contribution >= 0.6 is 24.0 Å². The summed E-state index contributed by atoms with van der Waals surface area (Å²) in [4.78, 5) is 8.69. The molecule has 1 aromatic carbocycles. The first-order chi connectivity index (χ1) is 14.5. The van der Waals surface area contributed by atoms with Crippen molar-refractivity contribution in [3.63, 3.8) is 0 Å². The molecule has 0 amide bonds. The standard InChI is InChI=1S/C22H33N5O3.HI/c1-15(2)21-26-20(30-27-21)9-10-24-22(23-4)25-13-17-8-7-16(3)12-19(17)29-14-18-6-5-11-28-18;/h7-8,12,15,18H,5-6,9-11,13-14H2,1-4H3,(H2,23,24,25);1H. The Morgan fingerprint density at radius 1 is 1.32 bits per heavy atom. The second-order valence-electron chi connectivity index (χ2n) is 7.86. The van der Waals surface area contributed by atoms with Crippen molar-refractivity contribution in [1.29, 1.82) is 0 Å². The smallest absolute Gasteiger partial charge is 0.228 e. The van der Waals surface area contributed by atoms with Gasteiger partial charge in [-0.3, -0.25) is 4.99 Å². The number of nitrogens with zero attached hydrogens (tertiary/aromatic N) is 3. The normalized spacial score (nSPS) is 16.3. The molecule has 1 atom stereocenters. The first-order valence-electron chi connectivity index (χ1n) is 10.7. The van der Waals surface area contributed by atoms with Crippen LogP contribution in [0.2, 0.25) is 0 Å². The number of benzene rings is 1. The molecule has 0 spiro atoms. The molecule has 1 saturated heterocycles. The van der Waals surface area contributed by atoms with Crippen LogP contribution in [0.4, 0.5) is 0 Å². The Kier molecular flexibility index (Phi) is 10.5. The lowest BCUT2D eigenvalue weighted by molar-refractivity contribution is 0.0676. The first kappa shape index (κ1) is 25.4. The number of rotatable bonds is 9. The highest BCUT2D eigenvalue weighted by Gasteiger charge is 2.17. The van der Waals surface area contributed by atoms with E-state index in [-0.39, 0.29) is 36.0 Å². The fourth-order valence-corrected chi connectivity index (χ4v) is 3.19. The lowest BCUT2D eigenvalue weighted by atomic mass is 10.1. The van der Waals surface area contributed by atoms with E-state index < -0.39 is 0 Å². The maximum Gasteiger partial charge on any atom is 0.228 e. The third kappa shape index (κ3) is 7.95. The van der Waals surface area contributed by atoms with Crippen LogP contribution in [0.1, 0.15) is 55.4 Å². The molecule has 2 heterocycles. The van der Waals surface area contributed by atoms with Crippen molar-refractivity contribution < 1.29 is 14.0 Å². The van der Waals surface area contributed by atoms with Gasteiger partial charge < -0.3 is 24.6 Å². The molecule has 1 unspecified atom stereocenters. The molecule has 8 nitrogen and oxygen atoms in total. The average molecular weight is 543 g/mol. The molecule has 0 radical (unpaired) electrons. The van der Waals surface area contributed by atoms with Gasteiger partial charge in [0.15, 0.2) is 11.8 Å². The number of aliphatic imine (C=N–C) groups is 1. The van der Waals surface area contributed by atoms with Gasteiger partial charge in [-0.15, -0.1) is 24.0 Å². The molecule has 0 aliphatic carbocycles. The van der Waals surface area contributed by atoms with Gasteiger partial charge in [0, 0.05) is 44.6 Å². The molecule has 3 rings (SSSR count). The predicted molar refractivity (Wildman–Crippen MR) is 131 cm³/mol. The first-order valence-corrected chi connectivity index (χ1v) is 10.7. The van der Waals surface area contributed by atoms with Crippen LogP contribution in [0.15, 0.2) is 27.7 Å². The molecule has 1 fully saturated rings. The molecule has 0 bridgehead atoms. The van der Waals surface area contributed by atoms with E-state index >= 15 is 0 Å². The number of hydrogen-bond acceptors (Lipinski definition) is 6. The maximum absolute atomic E-state index is 6.08. The van der Waals surface area contributed by atoms with Crippen LogP contribution in [-0.4, -0.2) is 49.0 Å². The van der Waals surface area contributed by atoms with Gasteiger partial charge in [0.25, 0.3) is 0 Å². The van der Waals surface area contributed by atoms with Gasteiger partial charge in [0.1, 0.15) is 12.4 Å². The van der Waals surface area contributed by atoms with Crippen molar-refractivity contribution in [1.82, 2.24) is 20.8 Å². The van der Waals surface area contributed by atoms with Crippen molar-refractivity contribution in [2.75, 3.05) is 26.8 Å². The Morgan fingerprint density at radius 3 is 2.84 bits per heavy atom. The highest BCUT2D eigenvalue weighted by Crippen LogP contribution is 2.22. The summed E-state index contributed by atoms with van der Waals surface area (Å²) in [6.45, 7) is 8.84. The Bertz CT molecular complexity index is 834. The van der Waals surface area contributed by atoms with Crippen molar-refractivity contribution in [2.24, 2.45) is 4.99 Å². The molecule has 1 aliphatic rings. The molecular formula is C22H34IN5O3. The summed E-state index contributed by atoms with van der Waals surface area (Å²) in [6, 6.07) is 6.25. The number of aryl methyl sites for hydroxylation is 1. The lowest BCUT2D eigenvalue weighted by Crippen LogP contribution is -2.38. The van der Waals surface area contributed by atoms with Crippen LogP contribution in [0.25, 0.3) is 0 Å². The summed E-state index contributed by atoms with van der Waals surface area (Å²) in [5, 5.41) is 10.6. The molecule has 0 saturated carbocycles. The molecule has 2 aromatic rings. The van der Waals surface area contributed by atoms with Gasteiger partial charge in [-0.1, -0.05) is 31.1 Å². The quantitative estimate of drug-likeness (QED) is 0.284. The number of guanidine groups is 1. The minimum absolute atomic E-state index is 0. The topological polar surface area (TPSA) is 93.8 Å². The number of ether oxygens (including phenoxy) is 2. The minimum Gasteiger partial charge on any atom is -0.491 e. The summed E-state index contributed by atoms with van der Waals surface area (Å²) in [5.41, 5.74) is 2.25. The number of nitrogens with one attached hydrogen (secondary N) is 2. The van der Waals surface area contributed by atoms with E-state index in [1.54, 1.807) is 7.05 Å². The van der Waals surface area contributed by atoms with Crippen LogP contribution in [-0.2, 0) is 17.7 Å². The molecule has 1 aliphatic heterocycles. The van der Waals surface area contributed by atoms with Crippen LogP contribution in [0.5, 0.6) is 5.75 Å². The zero-order valence-electron chi connectivity index (χ0n) is 18.8. The van der Waals surface area contributed by atoms with Crippen LogP contribution < -0.4 is 15.4 Å². The lowest BCUT2D eigenvalue weighted by Gasteiger charge is -2.17. The van der Waals surface area contributed by atoms with E-state index in [1.807, 2.05) is 13.8 Å². The Morgan fingerprint density at radius 2 is 2.16 bits per heavy atom. The fourth-order valence-electron chi connectivity index (χ4n) is 3.19. The highest BCUT2D eigenvalue weighted by atomic mass is 127. The van der Waals surface area contributed by atoms with E-state index in [4.69, 9.17) is 14.0 Å². The van der Waals surface area contributed by atoms with E-state index in [2.05, 4.69) is 50.9 Å². The number of halogens is 1. The summed E-state index contributed by atoms with van der Waals surface area (Å²) in [5.74, 6) is 3.23. The van der Waals surface area contributed by atoms with E-state index in [0.717, 1.165) is 36.6 Å². The third-order valence-corrected chi connectivity index (χ3v) is 4.97. The second kappa shape index (κ2) is 12.8. The number of hydrogen-bond donors (Lipinski definition) is 2. The third-order valence-electron chi connectivity index (χ3n) is 4.97. The molecular weight excluding hydrogens is 509 g/mol. The molecule has 9 heteroatoms. The summed E-state index contributed by atoms with van der Waals surface area (Å²) in [7, 11) is 1.75. The summed E-state index contributed by atoms with van der Waals surface area (Å²) in [6.07, 6.45) is 3.01. The second-order valence-corrected chi connectivity index (χ2v) is 7.86. The zero-order chi connectivity index (χ0) is 21.3. The largest absolute Gasteiger partial charge is 0.491 e. The van der Waals surface area contributed by atoms with Gasteiger partial charge in [0.2, 0.25) is 5.89 Å². The maximum atomic E-state index is 6.08. The van der Waals surface area contributed by atoms with Gasteiger partial charge in [0.05, 0.1) is 6.10 Å². The SMILES string of the molecule is CN=C(NCCc1nc(C(C)C)no1)NCc1ccc(C)cc1OCC1CCCO1.I. The summed E-state index contributed by atoms with van der Waals surface area (Å²) >= 11 is 0. The fraction of sp³-hybridized carbons (Fsp3) is 0.591. The Balaban J connectivity index is 0.00000341. The average Bonchev–Trinajstić information content (AvgIpc) is 3.42. The van der Waals surface area contributed by atoms with E-state index in [1.165, 1.54) is 5.56 Å². The molecule has 172 valence electrons.